The Hall–Kier alpha value is -1.41. The van der Waals surface area contributed by atoms with Crippen LogP contribution in [0.5, 0.6) is 0 Å². The number of sulfonamides is 1. The van der Waals surface area contributed by atoms with Crippen molar-refractivity contribution in [2.75, 3.05) is 0 Å². The monoisotopic (exact) mass is 205 g/mol. The molecule has 0 aliphatic rings. The summed E-state index contributed by atoms with van der Waals surface area (Å²) in [5, 5.41) is 16.6. The van der Waals surface area contributed by atoms with E-state index in [1.165, 1.54) is 0 Å². The number of rotatable bonds is 3. The Balaban J connectivity index is 2.94. The molecule has 0 unspecified atom stereocenters. The normalized spacial score (nSPS) is 11.5. The summed E-state index contributed by atoms with van der Waals surface area (Å²) >= 11 is 0. The van der Waals surface area contributed by atoms with Gasteiger partial charge in [-0.2, -0.15) is 5.10 Å². The molecule has 0 saturated heterocycles. The van der Waals surface area contributed by atoms with Gasteiger partial charge in [0.2, 0.25) is 10.0 Å². The van der Waals surface area contributed by atoms with Crippen LogP contribution >= 0.6 is 0 Å². The zero-order valence-electron chi connectivity index (χ0n) is 6.41. The highest BCUT2D eigenvalue weighted by Gasteiger charge is 2.11. The number of hydrogen-bond donors (Lipinski definition) is 2. The van der Waals surface area contributed by atoms with Crippen molar-refractivity contribution in [3.8, 4) is 0 Å². The molecule has 0 aliphatic carbocycles. The van der Waals surface area contributed by atoms with E-state index in [0.717, 1.165) is 17.1 Å². The van der Waals surface area contributed by atoms with E-state index in [1.807, 2.05) is 0 Å². The first-order valence-electron chi connectivity index (χ1n) is 3.16. The number of primary sulfonamides is 1. The number of hydrogen-bond acceptors (Lipinski definition) is 4. The first-order chi connectivity index (χ1) is 5.89. The van der Waals surface area contributed by atoms with Gasteiger partial charge in [-0.1, -0.05) is 0 Å². The van der Waals surface area contributed by atoms with Crippen LogP contribution in [0.25, 0.3) is 0 Å². The molecule has 0 aromatic carbocycles. The summed E-state index contributed by atoms with van der Waals surface area (Å²) in [5.41, 5.74) is 0. The van der Waals surface area contributed by atoms with Gasteiger partial charge in [0.1, 0.15) is 11.4 Å². The summed E-state index contributed by atoms with van der Waals surface area (Å²) < 4.78 is 22.4. The Morgan fingerprint density at radius 1 is 1.69 bits per heavy atom. The molecule has 3 N–H and O–H groups in total. The van der Waals surface area contributed by atoms with Gasteiger partial charge in [0.25, 0.3) is 0 Å². The standard InChI is InChI=1S/C5H7N3O4S/c6-13(11,12)4-1-7-8(2-4)3-5(9)10/h1-2H,3H2,(H,9,10)(H2,6,11,12). The third kappa shape index (κ3) is 2.53. The van der Waals surface area contributed by atoms with Gasteiger partial charge in [0, 0.05) is 6.20 Å². The average molecular weight is 205 g/mol. The Bertz CT molecular complexity index is 421. The second-order valence-corrected chi connectivity index (χ2v) is 3.87. The van der Waals surface area contributed by atoms with Crippen molar-refractivity contribution in [3.63, 3.8) is 0 Å². The molecule has 1 aromatic rings. The van der Waals surface area contributed by atoms with Crippen LogP contribution in [0, 0.1) is 0 Å². The minimum Gasteiger partial charge on any atom is -0.480 e. The lowest BCUT2D eigenvalue weighted by Crippen LogP contribution is -2.12. The van der Waals surface area contributed by atoms with Crippen LogP contribution < -0.4 is 5.14 Å². The lowest BCUT2D eigenvalue weighted by atomic mass is 10.6. The first-order valence-corrected chi connectivity index (χ1v) is 4.71. The maximum absolute atomic E-state index is 10.7. The number of carboxylic acids is 1. The Kier molecular flexibility index (Phi) is 2.34. The van der Waals surface area contributed by atoms with Crippen LogP contribution in [-0.2, 0) is 21.4 Å². The summed E-state index contributed by atoms with van der Waals surface area (Å²) in [4.78, 5) is 9.99. The van der Waals surface area contributed by atoms with Crippen molar-refractivity contribution in [1.82, 2.24) is 9.78 Å². The molecular weight excluding hydrogens is 198 g/mol. The van der Waals surface area contributed by atoms with E-state index in [1.54, 1.807) is 0 Å². The third-order valence-electron chi connectivity index (χ3n) is 1.24. The highest BCUT2D eigenvalue weighted by atomic mass is 32.2. The van der Waals surface area contributed by atoms with E-state index >= 15 is 0 Å². The van der Waals surface area contributed by atoms with E-state index in [4.69, 9.17) is 10.2 Å². The van der Waals surface area contributed by atoms with Gasteiger partial charge >= 0.3 is 5.97 Å². The van der Waals surface area contributed by atoms with Crippen LogP contribution in [0.4, 0.5) is 0 Å². The fourth-order valence-corrected chi connectivity index (χ4v) is 1.18. The Labute approximate surface area is 73.8 Å². The number of aliphatic carboxylic acids is 1. The lowest BCUT2D eigenvalue weighted by Gasteiger charge is -1.93. The summed E-state index contributed by atoms with van der Waals surface area (Å²) in [6.45, 7) is -0.393. The molecule has 0 amide bonds. The molecule has 0 bridgehead atoms. The van der Waals surface area contributed by atoms with Gasteiger partial charge in [0.05, 0.1) is 6.20 Å². The zero-order valence-corrected chi connectivity index (χ0v) is 7.23. The number of aromatic nitrogens is 2. The fourth-order valence-electron chi connectivity index (χ4n) is 0.717. The van der Waals surface area contributed by atoms with E-state index in [-0.39, 0.29) is 4.90 Å². The number of carbonyl (C=O) groups is 1. The molecule has 1 aromatic heterocycles. The Morgan fingerprint density at radius 2 is 2.31 bits per heavy atom. The summed E-state index contributed by atoms with van der Waals surface area (Å²) in [6.07, 6.45) is 2.06. The van der Waals surface area contributed by atoms with Crippen LogP contribution in [0.2, 0.25) is 0 Å². The average Bonchev–Trinajstić information content (AvgIpc) is 2.32. The van der Waals surface area contributed by atoms with Crippen molar-refractivity contribution in [2.24, 2.45) is 5.14 Å². The minimum atomic E-state index is -3.79. The van der Waals surface area contributed by atoms with Gasteiger partial charge in [0.15, 0.2) is 0 Å². The molecule has 8 heteroatoms. The maximum atomic E-state index is 10.7. The van der Waals surface area contributed by atoms with Gasteiger partial charge < -0.3 is 5.11 Å². The first kappa shape index (κ1) is 9.68. The van der Waals surface area contributed by atoms with E-state index in [0.29, 0.717) is 0 Å². The molecule has 0 aliphatic heterocycles. The van der Waals surface area contributed by atoms with Crippen LogP contribution in [0.15, 0.2) is 17.3 Å². The predicted molar refractivity (Wildman–Crippen MR) is 41.2 cm³/mol. The van der Waals surface area contributed by atoms with Crippen molar-refractivity contribution >= 4 is 16.0 Å². The van der Waals surface area contributed by atoms with Gasteiger partial charge in [-0.05, 0) is 0 Å². The van der Waals surface area contributed by atoms with Crippen LogP contribution in [0.3, 0.4) is 0 Å². The molecule has 0 radical (unpaired) electrons. The molecule has 0 saturated carbocycles. The van der Waals surface area contributed by atoms with Gasteiger partial charge in [-0.15, -0.1) is 0 Å². The summed E-state index contributed by atoms with van der Waals surface area (Å²) in [5.74, 6) is -1.11. The number of nitrogens with two attached hydrogens (primary N) is 1. The van der Waals surface area contributed by atoms with E-state index in [2.05, 4.69) is 5.10 Å². The Morgan fingerprint density at radius 3 is 2.69 bits per heavy atom. The number of nitrogens with zero attached hydrogens (tertiary/aromatic N) is 2. The number of carboxylic acid groups (broad SMARTS) is 1. The highest BCUT2D eigenvalue weighted by molar-refractivity contribution is 7.89. The molecule has 7 nitrogen and oxygen atoms in total. The van der Waals surface area contributed by atoms with Gasteiger partial charge in [-0.25, -0.2) is 13.6 Å². The second kappa shape index (κ2) is 3.15. The maximum Gasteiger partial charge on any atom is 0.325 e. The lowest BCUT2D eigenvalue weighted by molar-refractivity contribution is -0.137. The molecule has 72 valence electrons. The van der Waals surface area contributed by atoms with E-state index in [9.17, 15) is 13.2 Å². The van der Waals surface area contributed by atoms with E-state index < -0.39 is 22.5 Å². The van der Waals surface area contributed by atoms with Crippen molar-refractivity contribution in [1.29, 1.82) is 0 Å². The van der Waals surface area contributed by atoms with Crippen LogP contribution in [0.1, 0.15) is 0 Å². The quantitative estimate of drug-likeness (QED) is 0.630. The molecule has 0 spiro atoms. The molecule has 1 rings (SSSR count). The minimum absolute atomic E-state index is 0.200. The highest BCUT2D eigenvalue weighted by Crippen LogP contribution is 2.03. The third-order valence-corrected chi connectivity index (χ3v) is 2.10. The molecule has 13 heavy (non-hydrogen) atoms. The van der Waals surface area contributed by atoms with Gasteiger partial charge in [-0.3, -0.25) is 9.48 Å². The SMILES string of the molecule is NS(=O)(=O)c1cnn(CC(=O)O)c1. The fraction of sp³-hybridized carbons (Fsp3) is 0.200. The summed E-state index contributed by atoms with van der Waals surface area (Å²) in [7, 11) is -3.79. The van der Waals surface area contributed by atoms with Crippen molar-refractivity contribution in [2.45, 2.75) is 11.4 Å². The summed E-state index contributed by atoms with van der Waals surface area (Å²) in [6, 6.07) is 0. The zero-order chi connectivity index (χ0) is 10.1. The smallest absolute Gasteiger partial charge is 0.325 e. The molecule has 1 heterocycles. The molecule has 0 atom stereocenters. The van der Waals surface area contributed by atoms with Crippen molar-refractivity contribution in [3.05, 3.63) is 12.4 Å². The van der Waals surface area contributed by atoms with Crippen molar-refractivity contribution < 1.29 is 18.3 Å². The predicted octanol–water partition coefficient (Wildman–Crippen LogP) is -1.38. The second-order valence-electron chi connectivity index (χ2n) is 2.31. The molecule has 0 fully saturated rings. The molecular formula is C5H7N3O4S. The largest absolute Gasteiger partial charge is 0.480 e. The topological polar surface area (TPSA) is 115 Å². The van der Waals surface area contributed by atoms with Crippen LogP contribution in [-0.4, -0.2) is 29.3 Å².